The van der Waals surface area contributed by atoms with Crippen molar-refractivity contribution >= 4 is 11.8 Å². The van der Waals surface area contributed by atoms with Gasteiger partial charge in [-0.05, 0) is 55.5 Å². The molecule has 2 fully saturated rings. The van der Waals surface area contributed by atoms with Gasteiger partial charge in [-0.3, -0.25) is 19.5 Å². The number of carbonyl (C=O) groups excluding carboxylic acids is 2. The van der Waals surface area contributed by atoms with E-state index in [0.717, 1.165) is 37.7 Å². The van der Waals surface area contributed by atoms with Crippen LogP contribution < -0.4 is 5.32 Å². The zero-order valence-electron chi connectivity index (χ0n) is 15.8. The van der Waals surface area contributed by atoms with Crippen molar-refractivity contribution in [3.05, 3.63) is 66.0 Å². The molecule has 1 N–H and O–H groups in total. The Bertz CT molecular complexity index is 819. The summed E-state index contributed by atoms with van der Waals surface area (Å²) >= 11 is 0. The second-order valence-electron chi connectivity index (χ2n) is 7.45. The van der Waals surface area contributed by atoms with Crippen molar-refractivity contribution in [2.24, 2.45) is 0 Å². The molecule has 2 aromatic rings. The number of ether oxygens (including phenoxy) is 1. The average Bonchev–Trinajstić information content (AvgIpc) is 3.11. The number of amides is 2. The van der Waals surface area contributed by atoms with Gasteiger partial charge in [0.05, 0.1) is 6.61 Å². The molecule has 2 amide bonds. The molecule has 0 unspecified atom stereocenters. The van der Waals surface area contributed by atoms with Gasteiger partial charge >= 0.3 is 0 Å². The zero-order valence-corrected chi connectivity index (χ0v) is 15.8. The maximum atomic E-state index is 13.4. The first-order chi connectivity index (χ1) is 13.7. The van der Waals surface area contributed by atoms with Gasteiger partial charge in [0.15, 0.2) is 0 Å². The zero-order chi connectivity index (χ0) is 19.4. The molecule has 2 aliphatic rings. The summed E-state index contributed by atoms with van der Waals surface area (Å²) in [4.78, 5) is 32.1. The molecule has 0 radical (unpaired) electrons. The van der Waals surface area contributed by atoms with Crippen LogP contribution in [0.25, 0.3) is 0 Å². The fraction of sp³-hybridized carbons (Fsp3) is 0.409. The normalized spacial score (nSPS) is 20.9. The highest BCUT2D eigenvalue weighted by atomic mass is 16.5. The van der Waals surface area contributed by atoms with Crippen LogP contribution in [0.5, 0.6) is 0 Å². The van der Waals surface area contributed by atoms with Gasteiger partial charge in [0.1, 0.15) is 11.8 Å². The lowest BCUT2D eigenvalue weighted by Gasteiger charge is -2.41. The first-order valence-electron chi connectivity index (χ1n) is 9.89. The van der Waals surface area contributed by atoms with Crippen molar-refractivity contribution in [1.29, 1.82) is 0 Å². The molecule has 1 aromatic heterocycles. The van der Waals surface area contributed by atoms with Gasteiger partial charge in [0.2, 0.25) is 5.91 Å². The third-order valence-electron chi connectivity index (χ3n) is 5.65. The fourth-order valence-electron chi connectivity index (χ4n) is 4.20. The largest absolute Gasteiger partial charge is 0.353 e. The Balaban J connectivity index is 1.56. The van der Waals surface area contributed by atoms with E-state index in [1.165, 1.54) is 0 Å². The molecule has 1 aliphatic heterocycles. The molecule has 2 heterocycles. The molecular formula is C22H25N3O3. The molecule has 6 nitrogen and oxygen atoms in total. The van der Waals surface area contributed by atoms with E-state index in [4.69, 9.17) is 4.74 Å². The van der Waals surface area contributed by atoms with Crippen molar-refractivity contribution in [2.45, 2.75) is 50.4 Å². The van der Waals surface area contributed by atoms with E-state index >= 15 is 0 Å². The van der Waals surface area contributed by atoms with Gasteiger partial charge in [-0.15, -0.1) is 0 Å². The van der Waals surface area contributed by atoms with Gasteiger partial charge in [0, 0.05) is 24.5 Å². The lowest BCUT2D eigenvalue weighted by atomic mass is 9.89. The highest BCUT2D eigenvalue weighted by Gasteiger charge is 2.52. The van der Waals surface area contributed by atoms with Gasteiger partial charge < -0.3 is 10.1 Å². The van der Waals surface area contributed by atoms with Crippen LogP contribution in [-0.2, 0) is 16.1 Å². The summed E-state index contributed by atoms with van der Waals surface area (Å²) in [5.41, 5.74) is 0.893. The van der Waals surface area contributed by atoms with Gasteiger partial charge in [-0.2, -0.15) is 0 Å². The second-order valence-corrected chi connectivity index (χ2v) is 7.45. The molecule has 1 aromatic carbocycles. The van der Waals surface area contributed by atoms with Crippen LogP contribution >= 0.6 is 0 Å². The number of rotatable bonds is 4. The molecule has 146 valence electrons. The molecule has 0 bridgehead atoms. The number of nitrogens with one attached hydrogen (secondary N) is 1. The number of nitrogens with zero attached hydrogens (tertiary/aromatic N) is 2. The molecule has 1 spiro atoms. The quantitative estimate of drug-likeness (QED) is 0.887. The molecule has 4 rings (SSSR count). The predicted octanol–water partition coefficient (Wildman–Crippen LogP) is 2.90. The van der Waals surface area contributed by atoms with Crippen molar-refractivity contribution < 1.29 is 14.3 Å². The maximum Gasteiger partial charge on any atom is 0.256 e. The number of benzene rings is 1. The van der Waals surface area contributed by atoms with E-state index in [1.54, 1.807) is 29.4 Å². The van der Waals surface area contributed by atoms with Gasteiger partial charge in [-0.25, -0.2) is 0 Å². The number of aromatic nitrogens is 1. The highest BCUT2D eigenvalue weighted by molar-refractivity contribution is 5.98. The van der Waals surface area contributed by atoms with Crippen LogP contribution in [0.4, 0.5) is 0 Å². The number of carbonyl (C=O) groups is 2. The van der Waals surface area contributed by atoms with Crippen LogP contribution in [0, 0.1) is 0 Å². The van der Waals surface area contributed by atoms with Crippen molar-refractivity contribution in [3.63, 3.8) is 0 Å². The van der Waals surface area contributed by atoms with Crippen molar-refractivity contribution in [2.75, 3.05) is 6.61 Å². The molecular weight excluding hydrogens is 354 g/mol. The van der Waals surface area contributed by atoms with Crippen LogP contribution in [0.1, 0.15) is 48.0 Å². The first-order valence-corrected chi connectivity index (χ1v) is 9.89. The minimum Gasteiger partial charge on any atom is -0.353 e. The molecule has 1 atom stereocenters. The monoisotopic (exact) mass is 379 g/mol. The Morgan fingerprint density at radius 3 is 2.50 bits per heavy atom. The Kier molecular flexibility index (Phi) is 5.39. The van der Waals surface area contributed by atoms with Crippen LogP contribution in [0.2, 0.25) is 0 Å². The molecule has 1 aliphatic carbocycles. The molecule has 6 heteroatoms. The lowest BCUT2D eigenvalue weighted by molar-refractivity contribution is -0.127. The summed E-state index contributed by atoms with van der Waals surface area (Å²) in [6.45, 7) is 0.638. The van der Waals surface area contributed by atoms with Crippen LogP contribution in [0.3, 0.4) is 0 Å². The van der Waals surface area contributed by atoms with Crippen molar-refractivity contribution in [3.8, 4) is 0 Å². The smallest absolute Gasteiger partial charge is 0.256 e. The van der Waals surface area contributed by atoms with Crippen LogP contribution in [0.15, 0.2) is 54.9 Å². The number of hydrogen-bond acceptors (Lipinski definition) is 4. The van der Waals surface area contributed by atoms with E-state index in [-0.39, 0.29) is 18.4 Å². The summed E-state index contributed by atoms with van der Waals surface area (Å²) in [7, 11) is 0. The Morgan fingerprint density at radius 2 is 1.79 bits per heavy atom. The molecule has 1 saturated heterocycles. The molecule has 28 heavy (non-hydrogen) atoms. The van der Waals surface area contributed by atoms with E-state index in [1.807, 2.05) is 30.3 Å². The summed E-state index contributed by atoms with van der Waals surface area (Å²) in [5, 5.41) is 2.96. The van der Waals surface area contributed by atoms with Gasteiger partial charge in [0.25, 0.3) is 5.91 Å². The third-order valence-corrected chi connectivity index (χ3v) is 5.65. The van der Waals surface area contributed by atoms with E-state index in [2.05, 4.69) is 10.3 Å². The predicted molar refractivity (Wildman–Crippen MR) is 104 cm³/mol. The standard InChI is InChI=1S/C22H25N3O3/c26-20(24-15-17-9-13-23-14-10-17)19-16-28-22(11-5-2-6-12-22)25(19)21(27)18-7-3-1-4-8-18/h1,3-4,7-10,13-14,19H,2,5-6,11-12,15-16H2,(H,24,26)/t19-/m0/s1. The summed E-state index contributed by atoms with van der Waals surface area (Å²) in [5.74, 6) is -0.312. The average molecular weight is 379 g/mol. The van der Waals surface area contributed by atoms with Crippen molar-refractivity contribution in [1.82, 2.24) is 15.2 Å². The molecule has 1 saturated carbocycles. The number of pyridine rings is 1. The summed E-state index contributed by atoms with van der Waals surface area (Å²) in [6.07, 6.45) is 8.09. The Hall–Kier alpha value is -2.73. The van der Waals surface area contributed by atoms with E-state index < -0.39 is 11.8 Å². The minimum atomic E-state index is -0.663. The maximum absolute atomic E-state index is 13.4. The first kappa shape index (κ1) is 18.6. The lowest BCUT2D eigenvalue weighted by Crippen LogP contribution is -2.56. The number of hydrogen-bond donors (Lipinski definition) is 1. The second kappa shape index (κ2) is 8.10. The van der Waals surface area contributed by atoms with Gasteiger partial charge in [-0.1, -0.05) is 24.6 Å². The van der Waals surface area contributed by atoms with E-state index in [0.29, 0.717) is 12.1 Å². The minimum absolute atomic E-state index is 0.135. The Morgan fingerprint density at radius 1 is 1.07 bits per heavy atom. The third kappa shape index (κ3) is 3.64. The van der Waals surface area contributed by atoms with Crippen LogP contribution in [-0.4, -0.2) is 40.1 Å². The topological polar surface area (TPSA) is 71.5 Å². The SMILES string of the molecule is O=C(NCc1ccncc1)[C@@H]1COC2(CCCCC2)N1C(=O)c1ccccc1. The Labute approximate surface area is 164 Å². The summed E-state index contributed by atoms with van der Waals surface area (Å²) < 4.78 is 6.16. The fourth-order valence-corrected chi connectivity index (χ4v) is 4.20. The van der Waals surface area contributed by atoms with E-state index in [9.17, 15) is 9.59 Å². The highest BCUT2D eigenvalue weighted by Crippen LogP contribution is 2.41. The summed E-state index contributed by atoms with van der Waals surface area (Å²) in [6, 6.07) is 12.3.